The van der Waals surface area contributed by atoms with Crippen molar-refractivity contribution in [3.05, 3.63) is 29.8 Å². The average Bonchev–Trinajstić information content (AvgIpc) is 2.70. The Morgan fingerprint density at radius 1 is 1.20 bits per heavy atom. The fourth-order valence-electron chi connectivity index (χ4n) is 3.14. The van der Waals surface area contributed by atoms with Gasteiger partial charge in [-0.2, -0.15) is 4.31 Å². The first kappa shape index (κ1) is 14.0. The molecule has 110 valence electrons. The van der Waals surface area contributed by atoms with Crippen LogP contribution in [-0.2, 0) is 14.8 Å². The van der Waals surface area contributed by atoms with Crippen LogP contribution in [0.1, 0.15) is 38.2 Å². The van der Waals surface area contributed by atoms with E-state index in [1.165, 1.54) is 0 Å². The van der Waals surface area contributed by atoms with Gasteiger partial charge >= 0.3 is 0 Å². The van der Waals surface area contributed by atoms with Gasteiger partial charge in [-0.05, 0) is 36.5 Å². The molecule has 2 atom stereocenters. The van der Waals surface area contributed by atoms with Crippen molar-refractivity contribution in [3.63, 3.8) is 0 Å². The van der Waals surface area contributed by atoms with Crippen molar-refractivity contribution in [2.24, 2.45) is 0 Å². The molecule has 4 nitrogen and oxygen atoms in total. The lowest BCUT2D eigenvalue weighted by atomic mass is 10.0. The molecular weight excluding hydrogens is 274 g/mol. The summed E-state index contributed by atoms with van der Waals surface area (Å²) in [5.41, 5.74) is 1.06. The summed E-state index contributed by atoms with van der Waals surface area (Å²) >= 11 is 0. The topological polar surface area (TPSA) is 46.6 Å². The largest absolute Gasteiger partial charge is 0.378 e. The summed E-state index contributed by atoms with van der Waals surface area (Å²) in [4.78, 5) is 0.419. The van der Waals surface area contributed by atoms with E-state index in [0.717, 1.165) is 18.4 Å². The van der Waals surface area contributed by atoms with Gasteiger partial charge in [0.2, 0.25) is 10.0 Å². The highest BCUT2D eigenvalue weighted by Crippen LogP contribution is 2.34. The molecule has 5 heteroatoms. The molecule has 3 rings (SSSR count). The summed E-state index contributed by atoms with van der Waals surface area (Å²) in [5.74, 6) is 0.326. The van der Waals surface area contributed by atoms with Gasteiger partial charge in [-0.3, -0.25) is 0 Å². The maximum atomic E-state index is 12.9. The van der Waals surface area contributed by atoms with Crippen LogP contribution in [0.5, 0.6) is 0 Å². The fourth-order valence-corrected chi connectivity index (χ4v) is 5.04. The Bertz CT molecular complexity index is 581. The number of nitrogens with zero attached hydrogens (tertiary/aromatic N) is 1. The van der Waals surface area contributed by atoms with Crippen LogP contribution in [0, 0.1) is 0 Å². The van der Waals surface area contributed by atoms with Crippen LogP contribution in [0.15, 0.2) is 29.2 Å². The Balaban J connectivity index is 1.98. The minimum atomic E-state index is -3.40. The molecule has 2 fully saturated rings. The van der Waals surface area contributed by atoms with E-state index < -0.39 is 10.0 Å². The molecule has 0 spiro atoms. The van der Waals surface area contributed by atoms with Crippen LogP contribution in [0.2, 0.25) is 0 Å². The van der Waals surface area contributed by atoms with Crippen LogP contribution in [0.25, 0.3) is 0 Å². The van der Waals surface area contributed by atoms with Crippen LogP contribution in [-0.4, -0.2) is 38.0 Å². The predicted octanol–water partition coefficient (Wildman–Crippen LogP) is 2.36. The number of benzene rings is 1. The molecular formula is C15H21NO3S. The Labute approximate surface area is 120 Å². The molecule has 1 aromatic carbocycles. The Morgan fingerprint density at radius 3 is 2.45 bits per heavy atom. The van der Waals surface area contributed by atoms with Crippen LogP contribution < -0.4 is 0 Å². The molecule has 0 aliphatic carbocycles. The molecule has 0 amide bonds. The quantitative estimate of drug-likeness (QED) is 0.860. The van der Waals surface area contributed by atoms with E-state index in [2.05, 4.69) is 13.8 Å². The van der Waals surface area contributed by atoms with Crippen molar-refractivity contribution in [1.29, 1.82) is 0 Å². The predicted molar refractivity (Wildman–Crippen MR) is 77.2 cm³/mol. The third-order valence-corrected chi connectivity index (χ3v) is 6.27. The van der Waals surface area contributed by atoms with Crippen molar-refractivity contribution < 1.29 is 13.2 Å². The molecule has 2 unspecified atom stereocenters. The molecule has 0 radical (unpaired) electrons. The number of ether oxygens (including phenoxy) is 1. The smallest absolute Gasteiger partial charge is 0.243 e. The van der Waals surface area contributed by atoms with Gasteiger partial charge in [0.05, 0.1) is 18.1 Å². The molecule has 20 heavy (non-hydrogen) atoms. The summed E-state index contributed by atoms with van der Waals surface area (Å²) in [7, 11) is -3.40. The normalized spacial score (nSPS) is 27.1. The number of rotatable bonds is 3. The molecule has 0 aromatic heterocycles. The van der Waals surface area contributed by atoms with Crippen molar-refractivity contribution in [2.75, 3.05) is 13.2 Å². The Hall–Kier alpha value is -0.910. The van der Waals surface area contributed by atoms with Crippen molar-refractivity contribution in [3.8, 4) is 0 Å². The molecule has 0 N–H and O–H groups in total. The summed E-state index contributed by atoms with van der Waals surface area (Å²) in [6.45, 7) is 5.20. The molecule has 2 saturated heterocycles. The number of hydrogen-bond donors (Lipinski definition) is 0. The number of fused-ring (bicyclic) bond motifs is 2. The minimum Gasteiger partial charge on any atom is -0.378 e. The molecule has 2 bridgehead atoms. The van der Waals surface area contributed by atoms with Crippen molar-refractivity contribution in [2.45, 2.75) is 49.6 Å². The van der Waals surface area contributed by atoms with E-state index in [1.54, 1.807) is 10.4 Å². The zero-order valence-electron chi connectivity index (χ0n) is 12.0. The second-order valence-corrected chi connectivity index (χ2v) is 7.83. The van der Waals surface area contributed by atoms with Gasteiger partial charge < -0.3 is 4.74 Å². The maximum Gasteiger partial charge on any atom is 0.243 e. The summed E-state index contributed by atoms with van der Waals surface area (Å²) in [6, 6.07) is 7.37. The van der Waals surface area contributed by atoms with E-state index in [9.17, 15) is 8.42 Å². The SMILES string of the molecule is CC(C)c1cccc(S(=O)(=O)N2C3CCC2COC3)c1. The first-order chi connectivity index (χ1) is 9.50. The van der Waals surface area contributed by atoms with Gasteiger partial charge in [-0.25, -0.2) is 8.42 Å². The highest BCUT2D eigenvalue weighted by atomic mass is 32.2. The van der Waals surface area contributed by atoms with E-state index in [4.69, 9.17) is 4.74 Å². The second kappa shape index (κ2) is 5.13. The van der Waals surface area contributed by atoms with Crippen LogP contribution in [0.3, 0.4) is 0 Å². The number of morpholine rings is 1. The zero-order chi connectivity index (χ0) is 14.3. The van der Waals surface area contributed by atoms with Gasteiger partial charge in [0.15, 0.2) is 0 Å². The lowest BCUT2D eigenvalue weighted by Crippen LogP contribution is -2.48. The fraction of sp³-hybridized carbons (Fsp3) is 0.600. The molecule has 2 aliphatic heterocycles. The first-order valence-electron chi connectivity index (χ1n) is 7.21. The lowest BCUT2D eigenvalue weighted by Gasteiger charge is -2.33. The monoisotopic (exact) mass is 295 g/mol. The Morgan fingerprint density at radius 2 is 1.85 bits per heavy atom. The van der Waals surface area contributed by atoms with E-state index in [1.807, 2.05) is 18.2 Å². The average molecular weight is 295 g/mol. The lowest BCUT2D eigenvalue weighted by molar-refractivity contribution is 0.0269. The minimum absolute atomic E-state index is 0.0152. The standard InChI is InChI=1S/C15H21NO3S/c1-11(2)12-4-3-5-15(8-12)20(17,18)16-13-6-7-14(16)10-19-9-13/h3-5,8,11,13-14H,6-7,9-10H2,1-2H3. The van der Waals surface area contributed by atoms with Crippen molar-refractivity contribution in [1.82, 2.24) is 4.31 Å². The maximum absolute atomic E-state index is 12.9. The van der Waals surface area contributed by atoms with E-state index in [-0.39, 0.29) is 12.1 Å². The zero-order valence-corrected chi connectivity index (χ0v) is 12.8. The van der Waals surface area contributed by atoms with Crippen LogP contribution >= 0.6 is 0 Å². The Kier molecular flexibility index (Phi) is 3.60. The highest BCUT2D eigenvalue weighted by molar-refractivity contribution is 7.89. The van der Waals surface area contributed by atoms with Crippen LogP contribution in [0.4, 0.5) is 0 Å². The van der Waals surface area contributed by atoms with Gasteiger partial charge in [-0.1, -0.05) is 26.0 Å². The van der Waals surface area contributed by atoms with E-state index in [0.29, 0.717) is 24.0 Å². The van der Waals surface area contributed by atoms with E-state index >= 15 is 0 Å². The van der Waals surface area contributed by atoms with Gasteiger partial charge in [0, 0.05) is 12.1 Å². The second-order valence-electron chi connectivity index (χ2n) is 5.98. The first-order valence-corrected chi connectivity index (χ1v) is 8.65. The summed E-state index contributed by atoms with van der Waals surface area (Å²) in [6.07, 6.45) is 1.82. The molecule has 0 saturated carbocycles. The molecule has 2 heterocycles. The number of hydrogen-bond acceptors (Lipinski definition) is 3. The van der Waals surface area contributed by atoms with Crippen molar-refractivity contribution >= 4 is 10.0 Å². The third-order valence-electron chi connectivity index (χ3n) is 4.27. The van der Waals surface area contributed by atoms with Gasteiger partial charge in [0.1, 0.15) is 0 Å². The number of sulfonamides is 1. The van der Waals surface area contributed by atoms with Gasteiger partial charge in [-0.15, -0.1) is 0 Å². The summed E-state index contributed by atoms with van der Waals surface area (Å²) in [5, 5.41) is 0. The highest BCUT2D eigenvalue weighted by Gasteiger charge is 2.45. The van der Waals surface area contributed by atoms with Gasteiger partial charge in [0.25, 0.3) is 0 Å². The summed E-state index contributed by atoms with van der Waals surface area (Å²) < 4.78 is 33.0. The molecule has 1 aromatic rings. The third kappa shape index (κ3) is 2.28. The molecule has 2 aliphatic rings.